The smallest absolute Gasteiger partial charge is 0.265 e. The molecule has 5 nitrogen and oxygen atoms in total. The molecule has 2 N–H and O–H groups in total. The van der Waals surface area contributed by atoms with Gasteiger partial charge in [-0.1, -0.05) is 18.6 Å². The number of anilines is 2. The minimum Gasteiger partial charge on any atom is -0.495 e. The van der Waals surface area contributed by atoms with Crippen LogP contribution in [0.5, 0.6) is 5.75 Å². The van der Waals surface area contributed by atoms with E-state index in [2.05, 4.69) is 10.6 Å². The molecule has 0 saturated heterocycles. The van der Waals surface area contributed by atoms with Gasteiger partial charge in [0.1, 0.15) is 5.75 Å². The highest BCUT2D eigenvalue weighted by Gasteiger charge is 2.17. The minimum absolute atomic E-state index is 0.0979. The van der Waals surface area contributed by atoms with E-state index in [-0.39, 0.29) is 11.8 Å². The molecule has 30 heavy (non-hydrogen) atoms. The fourth-order valence-electron chi connectivity index (χ4n) is 3.62. The maximum Gasteiger partial charge on any atom is 0.265 e. The number of fused-ring (bicyclic) bond motifs is 1. The summed E-state index contributed by atoms with van der Waals surface area (Å²) >= 11 is 1.60. The van der Waals surface area contributed by atoms with Crippen molar-refractivity contribution in [2.45, 2.75) is 32.1 Å². The van der Waals surface area contributed by atoms with Gasteiger partial charge in [-0.15, -0.1) is 11.3 Å². The van der Waals surface area contributed by atoms with Gasteiger partial charge in [-0.2, -0.15) is 0 Å². The lowest BCUT2D eigenvalue weighted by atomic mass is 10.1. The molecule has 0 saturated carbocycles. The molecule has 2 aromatic carbocycles. The van der Waals surface area contributed by atoms with Crippen molar-refractivity contribution in [1.82, 2.24) is 0 Å². The highest BCUT2D eigenvalue weighted by molar-refractivity contribution is 7.14. The van der Waals surface area contributed by atoms with E-state index in [9.17, 15) is 9.59 Å². The van der Waals surface area contributed by atoms with Crippen LogP contribution >= 0.6 is 11.3 Å². The van der Waals surface area contributed by atoms with Crippen molar-refractivity contribution in [3.05, 3.63) is 75.5 Å². The predicted octanol–water partition coefficient (Wildman–Crippen LogP) is 5.53. The zero-order chi connectivity index (χ0) is 20.9. The number of hydrogen-bond donors (Lipinski definition) is 2. The van der Waals surface area contributed by atoms with Gasteiger partial charge in [0.25, 0.3) is 11.8 Å². The third-order valence-electron chi connectivity index (χ3n) is 5.23. The maximum atomic E-state index is 12.7. The van der Waals surface area contributed by atoms with Crippen molar-refractivity contribution >= 4 is 34.5 Å². The summed E-state index contributed by atoms with van der Waals surface area (Å²) in [6.07, 6.45) is 5.80. The molecule has 4 rings (SSSR count). The SMILES string of the molecule is COc1ccccc1NC(=O)c1ccc(NC(=O)c2cc3c(s2)CCCCC3)cc1. The molecule has 2 amide bonds. The summed E-state index contributed by atoms with van der Waals surface area (Å²) in [7, 11) is 1.56. The second kappa shape index (κ2) is 9.13. The van der Waals surface area contributed by atoms with Crippen LogP contribution in [0, 0.1) is 0 Å². The molecule has 0 atom stereocenters. The lowest BCUT2D eigenvalue weighted by Crippen LogP contribution is -2.13. The number of hydrogen-bond acceptors (Lipinski definition) is 4. The Hall–Kier alpha value is -3.12. The van der Waals surface area contributed by atoms with Crippen LogP contribution in [0.1, 0.15) is 49.7 Å². The van der Waals surface area contributed by atoms with E-state index in [1.807, 2.05) is 18.2 Å². The lowest BCUT2D eigenvalue weighted by molar-refractivity contribution is 0.102. The van der Waals surface area contributed by atoms with Gasteiger partial charge in [-0.25, -0.2) is 0 Å². The largest absolute Gasteiger partial charge is 0.495 e. The fourth-order valence-corrected chi connectivity index (χ4v) is 4.77. The standard InChI is InChI=1S/C24H24N2O3S/c1-29-20-9-6-5-8-19(20)26-23(27)16-11-13-18(14-12-16)25-24(28)22-15-17-7-3-2-4-10-21(17)30-22/h5-6,8-9,11-15H,2-4,7,10H2,1H3,(H,25,28)(H,26,27). The lowest BCUT2D eigenvalue weighted by Gasteiger charge is -2.10. The number of rotatable bonds is 5. The molecule has 0 aliphatic heterocycles. The number of nitrogens with one attached hydrogen (secondary N) is 2. The molecule has 6 heteroatoms. The van der Waals surface area contributed by atoms with Crippen molar-refractivity contribution in [2.24, 2.45) is 0 Å². The van der Waals surface area contributed by atoms with Gasteiger partial charge >= 0.3 is 0 Å². The molecule has 0 bridgehead atoms. The fraction of sp³-hybridized carbons (Fsp3) is 0.250. The second-order valence-electron chi connectivity index (χ2n) is 7.31. The van der Waals surface area contributed by atoms with Gasteiger partial charge in [0.15, 0.2) is 0 Å². The van der Waals surface area contributed by atoms with Crippen molar-refractivity contribution in [1.29, 1.82) is 0 Å². The Labute approximate surface area is 180 Å². The van der Waals surface area contributed by atoms with E-state index >= 15 is 0 Å². The zero-order valence-corrected chi connectivity index (χ0v) is 17.7. The Bertz CT molecular complexity index is 1030. The molecule has 0 fully saturated rings. The number of thiophene rings is 1. The molecule has 3 aromatic rings. The Kier molecular flexibility index (Phi) is 6.14. The molecular weight excluding hydrogens is 396 g/mol. The second-order valence-corrected chi connectivity index (χ2v) is 8.44. The first-order valence-electron chi connectivity index (χ1n) is 10.1. The first-order chi connectivity index (χ1) is 14.6. The highest BCUT2D eigenvalue weighted by Crippen LogP contribution is 2.29. The van der Waals surface area contributed by atoms with E-state index in [0.717, 1.165) is 17.7 Å². The number of para-hydroxylation sites is 2. The van der Waals surface area contributed by atoms with E-state index < -0.39 is 0 Å². The van der Waals surface area contributed by atoms with Crippen LogP contribution < -0.4 is 15.4 Å². The van der Waals surface area contributed by atoms with Crippen molar-refractivity contribution in [3.63, 3.8) is 0 Å². The third kappa shape index (κ3) is 4.54. The average Bonchev–Trinajstić information content (AvgIpc) is 3.05. The third-order valence-corrected chi connectivity index (χ3v) is 6.47. The molecule has 0 spiro atoms. The topological polar surface area (TPSA) is 67.4 Å². The molecule has 154 valence electrons. The van der Waals surface area contributed by atoms with Gasteiger partial charge in [0.05, 0.1) is 17.7 Å². The summed E-state index contributed by atoms with van der Waals surface area (Å²) < 4.78 is 5.26. The molecule has 0 radical (unpaired) electrons. The number of ether oxygens (including phenoxy) is 1. The monoisotopic (exact) mass is 420 g/mol. The average molecular weight is 421 g/mol. The molecule has 1 aromatic heterocycles. The maximum absolute atomic E-state index is 12.7. The van der Waals surface area contributed by atoms with Gasteiger partial charge in [0, 0.05) is 16.1 Å². The normalized spacial score (nSPS) is 13.1. The van der Waals surface area contributed by atoms with Crippen LogP contribution in [0.2, 0.25) is 0 Å². The Morgan fingerprint density at radius 1 is 0.900 bits per heavy atom. The van der Waals surface area contributed by atoms with Crippen LogP contribution in [-0.2, 0) is 12.8 Å². The molecule has 1 aliphatic carbocycles. The van der Waals surface area contributed by atoms with E-state index in [0.29, 0.717) is 22.7 Å². The molecular formula is C24H24N2O3S. The highest BCUT2D eigenvalue weighted by atomic mass is 32.1. The summed E-state index contributed by atoms with van der Waals surface area (Å²) in [6, 6.07) is 16.2. The number of carbonyl (C=O) groups is 2. The Morgan fingerprint density at radius 2 is 1.67 bits per heavy atom. The number of carbonyl (C=O) groups excluding carboxylic acids is 2. The van der Waals surface area contributed by atoms with Crippen LogP contribution in [0.3, 0.4) is 0 Å². The number of amides is 2. The van der Waals surface area contributed by atoms with Crippen LogP contribution in [0.25, 0.3) is 0 Å². The Morgan fingerprint density at radius 3 is 2.47 bits per heavy atom. The van der Waals surface area contributed by atoms with Gasteiger partial charge < -0.3 is 15.4 Å². The number of aryl methyl sites for hydroxylation is 2. The summed E-state index contributed by atoms with van der Waals surface area (Å²) in [4.78, 5) is 27.3. The summed E-state index contributed by atoms with van der Waals surface area (Å²) in [5.41, 5.74) is 3.10. The summed E-state index contributed by atoms with van der Waals surface area (Å²) in [5.74, 6) is 0.266. The van der Waals surface area contributed by atoms with Gasteiger partial charge in [-0.3, -0.25) is 9.59 Å². The van der Waals surface area contributed by atoms with E-state index in [1.54, 1.807) is 54.8 Å². The minimum atomic E-state index is -0.237. The van der Waals surface area contributed by atoms with Crippen LogP contribution in [-0.4, -0.2) is 18.9 Å². The van der Waals surface area contributed by atoms with E-state index in [1.165, 1.54) is 29.7 Å². The predicted molar refractivity (Wildman–Crippen MR) is 121 cm³/mol. The van der Waals surface area contributed by atoms with Crippen LogP contribution in [0.15, 0.2) is 54.6 Å². The zero-order valence-electron chi connectivity index (χ0n) is 16.9. The van der Waals surface area contributed by atoms with Crippen molar-refractivity contribution in [2.75, 3.05) is 17.7 Å². The van der Waals surface area contributed by atoms with Crippen molar-refractivity contribution in [3.8, 4) is 5.75 Å². The molecule has 0 unspecified atom stereocenters. The molecule has 1 heterocycles. The van der Waals surface area contributed by atoms with Gasteiger partial charge in [-0.05, 0) is 73.7 Å². The Balaban J connectivity index is 1.41. The summed E-state index contributed by atoms with van der Waals surface area (Å²) in [5, 5.41) is 5.78. The quantitative estimate of drug-likeness (QED) is 0.533. The van der Waals surface area contributed by atoms with Gasteiger partial charge in [0.2, 0.25) is 0 Å². The first-order valence-corrected chi connectivity index (χ1v) is 10.9. The van der Waals surface area contributed by atoms with Crippen LogP contribution in [0.4, 0.5) is 11.4 Å². The summed E-state index contributed by atoms with van der Waals surface area (Å²) in [6.45, 7) is 0. The number of methoxy groups -OCH3 is 1. The first kappa shape index (κ1) is 20.2. The van der Waals surface area contributed by atoms with Crippen molar-refractivity contribution < 1.29 is 14.3 Å². The van der Waals surface area contributed by atoms with E-state index in [4.69, 9.17) is 4.74 Å². The number of benzene rings is 2. The molecule has 1 aliphatic rings.